The fourth-order valence-corrected chi connectivity index (χ4v) is 5.29. The lowest BCUT2D eigenvalue weighted by Crippen LogP contribution is -2.39. The molecule has 1 fully saturated rings. The van der Waals surface area contributed by atoms with Gasteiger partial charge in [0.2, 0.25) is 0 Å². The number of carbonyl (C=O) groups excluding carboxylic acids is 1. The van der Waals surface area contributed by atoms with E-state index >= 15 is 0 Å². The number of ether oxygens (including phenoxy) is 1. The molecule has 4 heterocycles. The number of aromatic nitrogens is 2. The number of hydrogen-bond donors (Lipinski definition) is 0. The fraction of sp³-hybridized carbons (Fsp3) is 0.667. The number of amides is 1. The molecule has 0 atom stereocenters. The second kappa shape index (κ2) is 8.07. The maximum Gasteiger partial charge on any atom is 0.410 e. The van der Waals surface area contributed by atoms with E-state index in [1.54, 1.807) is 15.8 Å². The summed E-state index contributed by atoms with van der Waals surface area (Å²) in [5.74, 6) is 0. The van der Waals surface area contributed by atoms with E-state index in [2.05, 4.69) is 9.88 Å². The van der Waals surface area contributed by atoms with Crippen molar-refractivity contribution in [2.45, 2.75) is 65.1 Å². The molecule has 1 saturated heterocycles. The molecule has 2 aromatic heterocycles. The van der Waals surface area contributed by atoms with Gasteiger partial charge in [-0.1, -0.05) is 6.42 Å². The van der Waals surface area contributed by atoms with Gasteiger partial charge in [0.05, 0.1) is 18.3 Å². The third-order valence-corrected chi connectivity index (χ3v) is 6.71. The second-order valence-corrected chi connectivity index (χ2v) is 10.1. The summed E-state index contributed by atoms with van der Waals surface area (Å²) in [7, 11) is 0. The SMILES string of the molecule is CC(C)(C)OC(=O)N1CCc2c(sc3ncn(CCN4CCCCC4)c(=O)c23)C1. The molecule has 0 aromatic carbocycles. The normalized spacial score (nSPS) is 18.1. The molecule has 2 aliphatic rings. The van der Waals surface area contributed by atoms with Crippen molar-refractivity contribution >= 4 is 27.6 Å². The first-order valence-corrected chi connectivity index (χ1v) is 11.3. The summed E-state index contributed by atoms with van der Waals surface area (Å²) < 4.78 is 7.26. The van der Waals surface area contributed by atoms with Gasteiger partial charge in [-0.3, -0.25) is 9.36 Å². The zero-order valence-electron chi connectivity index (χ0n) is 17.6. The quantitative estimate of drug-likeness (QED) is 0.766. The number of thiophene rings is 1. The summed E-state index contributed by atoms with van der Waals surface area (Å²) in [4.78, 5) is 36.1. The number of piperidine rings is 1. The fourth-order valence-electron chi connectivity index (χ4n) is 4.09. The molecular weight excluding hydrogens is 388 g/mol. The van der Waals surface area contributed by atoms with E-state index in [-0.39, 0.29) is 11.7 Å². The molecule has 158 valence electrons. The monoisotopic (exact) mass is 418 g/mol. The van der Waals surface area contributed by atoms with E-state index in [0.717, 1.165) is 40.3 Å². The second-order valence-electron chi connectivity index (χ2n) is 8.98. The number of nitrogens with zero attached hydrogens (tertiary/aromatic N) is 4. The number of rotatable bonds is 3. The van der Waals surface area contributed by atoms with Gasteiger partial charge in [-0.25, -0.2) is 9.78 Å². The minimum atomic E-state index is -0.513. The van der Waals surface area contributed by atoms with Crippen LogP contribution in [0.5, 0.6) is 0 Å². The molecular formula is C21H30N4O3S. The number of hydrogen-bond acceptors (Lipinski definition) is 6. The molecule has 0 radical (unpaired) electrons. The molecule has 8 heteroatoms. The van der Waals surface area contributed by atoms with Gasteiger partial charge in [-0.05, 0) is 58.7 Å². The first-order chi connectivity index (χ1) is 13.8. The lowest BCUT2D eigenvalue weighted by molar-refractivity contribution is 0.0227. The van der Waals surface area contributed by atoms with E-state index in [0.29, 0.717) is 26.1 Å². The topological polar surface area (TPSA) is 67.7 Å². The zero-order valence-corrected chi connectivity index (χ0v) is 18.4. The van der Waals surface area contributed by atoms with Crippen molar-refractivity contribution in [1.82, 2.24) is 19.4 Å². The largest absolute Gasteiger partial charge is 0.444 e. The first kappa shape index (κ1) is 20.3. The molecule has 29 heavy (non-hydrogen) atoms. The van der Waals surface area contributed by atoms with Crippen molar-refractivity contribution in [3.63, 3.8) is 0 Å². The van der Waals surface area contributed by atoms with Gasteiger partial charge in [0.25, 0.3) is 5.56 Å². The van der Waals surface area contributed by atoms with Crippen LogP contribution in [0.4, 0.5) is 4.79 Å². The predicted octanol–water partition coefficient (Wildman–Crippen LogP) is 3.24. The number of fused-ring (bicyclic) bond motifs is 3. The molecule has 4 rings (SSSR count). The Bertz CT molecular complexity index is 953. The Morgan fingerprint density at radius 2 is 1.93 bits per heavy atom. The maximum atomic E-state index is 13.1. The van der Waals surface area contributed by atoms with E-state index in [9.17, 15) is 9.59 Å². The Morgan fingerprint density at radius 3 is 2.66 bits per heavy atom. The van der Waals surface area contributed by atoms with Crippen LogP contribution in [-0.4, -0.2) is 57.2 Å². The summed E-state index contributed by atoms with van der Waals surface area (Å²) in [6, 6.07) is 0. The summed E-state index contributed by atoms with van der Waals surface area (Å²) in [6.45, 7) is 10.5. The average Bonchev–Trinajstić information content (AvgIpc) is 3.05. The van der Waals surface area contributed by atoms with E-state index < -0.39 is 5.60 Å². The smallest absolute Gasteiger partial charge is 0.410 e. The third-order valence-electron chi connectivity index (χ3n) is 5.58. The van der Waals surface area contributed by atoms with Crippen molar-refractivity contribution in [2.24, 2.45) is 0 Å². The van der Waals surface area contributed by atoms with Crippen LogP contribution in [0.3, 0.4) is 0 Å². The molecule has 0 N–H and O–H groups in total. The molecule has 0 unspecified atom stereocenters. The minimum Gasteiger partial charge on any atom is -0.444 e. The molecule has 1 amide bonds. The summed E-state index contributed by atoms with van der Waals surface area (Å²) >= 11 is 1.52. The van der Waals surface area contributed by atoms with Crippen LogP contribution in [-0.2, 0) is 24.2 Å². The van der Waals surface area contributed by atoms with Crippen molar-refractivity contribution in [3.05, 3.63) is 27.1 Å². The highest BCUT2D eigenvalue weighted by Gasteiger charge is 2.29. The van der Waals surface area contributed by atoms with Gasteiger partial charge in [-0.15, -0.1) is 11.3 Å². The molecule has 0 saturated carbocycles. The Labute approximate surface area is 175 Å². The van der Waals surface area contributed by atoms with Gasteiger partial charge >= 0.3 is 6.09 Å². The standard InChI is InChI=1S/C21H30N4O3S/c1-21(2,3)28-20(27)24-10-7-15-16(13-24)29-18-17(15)19(26)25(14-22-18)12-11-23-8-5-4-6-9-23/h14H,4-13H2,1-3H3. The number of carbonyl (C=O) groups is 1. The average molecular weight is 419 g/mol. The lowest BCUT2D eigenvalue weighted by atomic mass is 10.1. The van der Waals surface area contributed by atoms with Gasteiger partial charge in [0.1, 0.15) is 10.4 Å². The molecule has 0 aliphatic carbocycles. The molecule has 2 aliphatic heterocycles. The molecule has 0 bridgehead atoms. The maximum absolute atomic E-state index is 13.1. The Morgan fingerprint density at radius 1 is 1.17 bits per heavy atom. The third kappa shape index (κ3) is 4.48. The Balaban J connectivity index is 1.52. The number of likely N-dealkylation sites (tertiary alicyclic amines) is 1. The van der Waals surface area contributed by atoms with Crippen LogP contribution in [0.2, 0.25) is 0 Å². The van der Waals surface area contributed by atoms with Crippen LogP contribution in [0.15, 0.2) is 11.1 Å². The van der Waals surface area contributed by atoms with E-state index in [1.165, 1.54) is 30.6 Å². The molecule has 7 nitrogen and oxygen atoms in total. The highest BCUT2D eigenvalue weighted by atomic mass is 32.1. The van der Waals surface area contributed by atoms with Crippen LogP contribution >= 0.6 is 11.3 Å². The summed E-state index contributed by atoms with van der Waals surface area (Å²) in [5, 5.41) is 0.745. The van der Waals surface area contributed by atoms with E-state index in [1.807, 2.05) is 20.8 Å². The summed E-state index contributed by atoms with van der Waals surface area (Å²) in [6.07, 6.45) is 5.86. The minimum absolute atomic E-state index is 0.0511. The van der Waals surface area contributed by atoms with E-state index in [4.69, 9.17) is 4.74 Å². The van der Waals surface area contributed by atoms with Crippen LogP contribution in [0.25, 0.3) is 10.2 Å². The van der Waals surface area contributed by atoms with Crippen molar-refractivity contribution < 1.29 is 9.53 Å². The summed E-state index contributed by atoms with van der Waals surface area (Å²) in [5.41, 5.74) is 0.603. The van der Waals surface area contributed by atoms with Crippen LogP contribution in [0.1, 0.15) is 50.5 Å². The van der Waals surface area contributed by atoms with Crippen molar-refractivity contribution in [3.8, 4) is 0 Å². The van der Waals surface area contributed by atoms with Crippen molar-refractivity contribution in [1.29, 1.82) is 0 Å². The highest BCUT2D eigenvalue weighted by molar-refractivity contribution is 7.18. The lowest BCUT2D eigenvalue weighted by Gasteiger charge is -2.29. The van der Waals surface area contributed by atoms with Gasteiger partial charge in [0, 0.05) is 24.5 Å². The highest BCUT2D eigenvalue weighted by Crippen LogP contribution is 2.32. The van der Waals surface area contributed by atoms with Crippen molar-refractivity contribution in [2.75, 3.05) is 26.2 Å². The van der Waals surface area contributed by atoms with Gasteiger partial charge < -0.3 is 14.5 Å². The Kier molecular flexibility index (Phi) is 5.66. The van der Waals surface area contributed by atoms with Crippen LogP contribution in [0, 0.1) is 0 Å². The predicted molar refractivity (Wildman–Crippen MR) is 115 cm³/mol. The Hall–Kier alpha value is -1.93. The first-order valence-electron chi connectivity index (χ1n) is 10.5. The van der Waals surface area contributed by atoms with Gasteiger partial charge in [0.15, 0.2) is 0 Å². The van der Waals surface area contributed by atoms with Crippen LogP contribution < -0.4 is 5.56 Å². The molecule has 2 aromatic rings. The zero-order chi connectivity index (χ0) is 20.6. The van der Waals surface area contributed by atoms with Gasteiger partial charge in [-0.2, -0.15) is 0 Å². The molecule has 0 spiro atoms.